The van der Waals surface area contributed by atoms with Crippen LogP contribution in [-0.4, -0.2) is 69.7 Å². The highest BCUT2D eigenvalue weighted by Gasteiger charge is 2.21. The van der Waals surface area contributed by atoms with Crippen LogP contribution < -0.4 is 20.3 Å². The first-order valence-electron chi connectivity index (χ1n) is 9.94. The van der Waals surface area contributed by atoms with Gasteiger partial charge in [0.25, 0.3) is 0 Å². The standard InChI is InChI=1S/C20H31F2N5O2/c1-4-11-23-20(24-13-18(28)26(2)3)25-15-6-5-12-27(14-15)16-7-9-17(10-8-16)29-19(21)22/h7-10,15,19H,4-6,11-14H2,1-3H3,(H2,23,24,25). The Kier molecular flexibility index (Phi) is 8.95. The minimum atomic E-state index is -2.82. The van der Waals surface area contributed by atoms with E-state index in [1.165, 1.54) is 4.90 Å². The maximum atomic E-state index is 12.3. The van der Waals surface area contributed by atoms with Crippen molar-refractivity contribution in [1.29, 1.82) is 0 Å². The number of rotatable bonds is 8. The van der Waals surface area contributed by atoms with Gasteiger partial charge in [0.2, 0.25) is 5.91 Å². The van der Waals surface area contributed by atoms with Gasteiger partial charge in [-0.25, -0.2) is 4.99 Å². The molecule has 162 valence electrons. The smallest absolute Gasteiger partial charge is 0.387 e. The zero-order valence-electron chi connectivity index (χ0n) is 17.3. The lowest BCUT2D eigenvalue weighted by molar-refractivity contribution is -0.127. The molecule has 1 heterocycles. The Morgan fingerprint density at radius 3 is 2.69 bits per heavy atom. The van der Waals surface area contributed by atoms with Crippen molar-refractivity contribution in [2.75, 3.05) is 45.2 Å². The Bertz CT molecular complexity index is 667. The third kappa shape index (κ3) is 7.75. The Labute approximate surface area is 171 Å². The molecule has 2 N–H and O–H groups in total. The third-order valence-corrected chi connectivity index (χ3v) is 4.60. The van der Waals surface area contributed by atoms with E-state index in [-0.39, 0.29) is 24.2 Å². The van der Waals surface area contributed by atoms with Crippen LogP contribution in [0.1, 0.15) is 26.2 Å². The molecule has 29 heavy (non-hydrogen) atoms. The topological polar surface area (TPSA) is 69.2 Å². The molecule has 1 aliphatic rings. The fourth-order valence-electron chi connectivity index (χ4n) is 3.05. The fourth-order valence-corrected chi connectivity index (χ4v) is 3.05. The summed E-state index contributed by atoms with van der Waals surface area (Å²) in [5, 5.41) is 6.68. The first kappa shape index (κ1) is 22.7. The number of ether oxygens (including phenoxy) is 1. The Balaban J connectivity index is 1.98. The minimum absolute atomic E-state index is 0.0565. The van der Waals surface area contributed by atoms with Gasteiger partial charge < -0.3 is 25.2 Å². The molecule has 1 aromatic carbocycles. The Morgan fingerprint density at radius 1 is 1.34 bits per heavy atom. The molecule has 1 atom stereocenters. The first-order valence-corrected chi connectivity index (χ1v) is 9.94. The molecule has 0 saturated carbocycles. The number of piperidine rings is 1. The van der Waals surface area contributed by atoms with Gasteiger partial charge in [-0.05, 0) is 43.5 Å². The van der Waals surface area contributed by atoms with E-state index < -0.39 is 6.61 Å². The molecule has 1 aromatic rings. The van der Waals surface area contributed by atoms with Crippen molar-refractivity contribution in [2.45, 2.75) is 38.8 Å². The summed E-state index contributed by atoms with van der Waals surface area (Å²) < 4.78 is 29.0. The van der Waals surface area contributed by atoms with Gasteiger partial charge in [-0.1, -0.05) is 6.92 Å². The number of nitrogens with zero attached hydrogens (tertiary/aromatic N) is 3. The second-order valence-electron chi connectivity index (χ2n) is 7.18. The molecule has 1 saturated heterocycles. The van der Waals surface area contributed by atoms with Crippen LogP contribution in [0, 0.1) is 0 Å². The summed E-state index contributed by atoms with van der Waals surface area (Å²) >= 11 is 0. The molecule has 0 bridgehead atoms. The van der Waals surface area contributed by atoms with E-state index in [0.29, 0.717) is 5.96 Å². The monoisotopic (exact) mass is 411 g/mol. The number of guanidine groups is 1. The summed E-state index contributed by atoms with van der Waals surface area (Å²) in [5.74, 6) is 0.729. The van der Waals surface area contributed by atoms with Gasteiger partial charge in [0.05, 0.1) is 0 Å². The number of carbonyl (C=O) groups excluding carboxylic acids is 1. The minimum Gasteiger partial charge on any atom is -0.435 e. The molecule has 2 rings (SSSR count). The highest BCUT2D eigenvalue weighted by molar-refractivity contribution is 5.85. The summed E-state index contributed by atoms with van der Waals surface area (Å²) in [7, 11) is 3.42. The lowest BCUT2D eigenvalue weighted by Gasteiger charge is -2.35. The van der Waals surface area contributed by atoms with Crippen molar-refractivity contribution in [1.82, 2.24) is 15.5 Å². The summed E-state index contributed by atoms with van der Waals surface area (Å²) in [6.45, 7) is 1.75. The van der Waals surface area contributed by atoms with Crippen molar-refractivity contribution < 1.29 is 18.3 Å². The molecule has 1 amide bonds. The SMILES string of the molecule is CCCNC(=NCC(=O)N(C)C)NC1CCCN(c2ccc(OC(F)F)cc2)C1. The number of hydrogen-bond donors (Lipinski definition) is 2. The Hall–Kier alpha value is -2.58. The van der Waals surface area contributed by atoms with Gasteiger partial charge in [0.1, 0.15) is 12.3 Å². The summed E-state index contributed by atoms with van der Waals surface area (Å²) in [4.78, 5) is 20.0. The van der Waals surface area contributed by atoms with E-state index in [2.05, 4.69) is 32.2 Å². The molecule has 1 unspecified atom stereocenters. The molecular weight excluding hydrogens is 380 g/mol. The van der Waals surface area contributed by atoms with E-state index in [0.717, 1.165) is 44.6 Å². The van der Waals surface area contributed by atoms with E-state index >= 15 is 0 Å². The largest absolute Gasteiger partial charge is 0.435 e. The van der Waals surface area contributed by atoms with Gasteiger partial charge in [-0.15, -0.1) is 0 Å². The fraction of sp³-hybridized carbons (Fsp3) is 0.600. The molecule has 1 aliphatic heterocycles. The van der Waals surface area contributed by atoms with Crippen molar-refractivity contribution in [3.63, 3.8) is 0 Å². The summed E-state index contributed by atoms with van der Waals surface area (Å²) in [6, 6.07) is 6.86. The molecule has 1 fully saturated rings. The van der Waals surface area contributed by atoms with E-state index in [1.807, 2.05) is 0 Å². The molecule has 0 radical (unpaired) electrons. The van der Waals surface area contributed by atoms with Crippen LogP contribution in [0.15, 0.2) is 29.3 Å². The van der Waals surface area contributed by atoms with Crippen LogP contribution in [0.4, 0.5) is 14.5 Å². The van der Waals surface area contributed by atoms with Crippen LogP contribution >= 0.6 is 0 Å². The van der Waals surface area contributed by atoms with Gasteiger partial charge in [0.15, 0.2) is 5.96 Å². The predicted octanol–water partition coefficient (Wildman–Crippen LogP) is 2.29. The number of aliphatic imine (C=N–C) groups is 1. The second kappa shape index (κ2) is 11.4. The highest BCUT2D eigenvalue weighted by atomic mass is 19.3. The molecular formula is C20H31F2N5O2. The van der Waals surface area contributed by atoms with E-state index in [1.54, 1.807) is 38.4 Å². The molecule has 9 heteroatoms. The van der Waals surface area contributed by atoms with E-state index in [4.69, 9.17) is 0 Å². The zero-order chi connectivity index (χ0) is 21.2. The van der Waals surface area contributed by atoms with Crippen LogP contribution in [0.25, 0.3) is 0 Å². The highest BCUT2D eigenvalue weighted by Crippen LogP contribution is 2.23. The predicted molar refractivity (Wildman–Crippen MR) is 111 cm³/mol. The van der Waals surface area contributed by atoms with Crippen LogP contribution in [0.2, 0.25) is 0 Å². The zero-order valence-corrected chi connectivity index (χ0v) is 17.3. The van der Waals surface area contributed by atoms with Gasteiger partial charge in [0, 0.05) is 45.5 Å². The molecule has 0 spiro atoms. The van der Waals surface area contributed by atoms with Gasteiger partial charge in [-0.2, -0.15) is 8.78 Å². The number of halogens is 2. The normalized spacial score (nSPS) is 17.2. The number of hydrogen-bond acceptors (Lipinski definition) is 4. The Morgan fingerprint density at radius 2 is 2.07 bits per heavy atom. The second-order valence-corrected chi connectivity index (χ2v) is 7.18. The van der Waals surface area contributed by atoms with Gasteiger partial charge in [-0.3, -0.25) is 4.79 Å². The van der Waals surface area contributed by atoms with Crippen molar-refractivity contribution in [2.24, 2.45) is 4.99 Å². The maximum Gasteiger partial charge on any atom is 0.387 e. The van der Waals surface area contributed by atoms with Crippen LogP contribution in [0.5, 0.6) is 5.75 Å². The number of likely N-dealkylation sites (N-methyl/N-ethyl adjacent to an activating group) is 1. The number of anilines is 1. The maximum absolute atomic E-state index is 12.3. The molecule has 0 aromatic heterocycles. The average Bonchev–Trinajstić information content (AvgIpc) is 2.70. The molecule has 7 nitrogen and oxygen atoms in total. The average molecular weight is 411 g/mol. The lowest BCUT2D eigenvalue weighted by Crippen LogP contribution is -2.51. The lowest BCUT2D eigenvalue weighted by atomic mass is 10.0. The number of benzene rings is 1. The number of nitrogens with one attached hydrogen (secondary N) is 2. The van der Waals surface area contributed by atoms with Crippen molar-refractivity contribution in [3.05, 3.63) is 24.3 Å². The number of alkyl halides is 2. The number of amides is 1. The number of carbonyl (C=O) groups is 1. The third-order valence-electron chi connectivity index (χ3n) is 4.60. The molecule has 0 aliphatic carbocycles. The van der Waals surface area contributed by atoms with E-state index in [9.17, 15) is 13.6 Å². The van der Waals surface area contributed by atoms with Gasteiger partial charge >= 0.3 is 6.61 Å². The summed E-state index contributed by atoms with van der Waals surface area (Å²) in [6.07, 6.45) is 2.92. The first-order chi connectivity index (χ1) is 13.9. The quantitative estimate of drug-likeness (QED) is 0.508. The van der Waals surface area contributed by atoms with Crippen molar-refractivity contribution >= 4 is 17.6 Å². The summed E-state index contributed by atoms with van der Waals surface area (Å²) in [5.41, 5.74) is 0.959. The van der Waals surface area contributed by atoms with Crippen molar-refractivity contribution in [3.8, 4) is 5.75 Å². The van der Waals surface area contributed by atoms with Crippen LogP contribution in [0.3, 0.4) is 0 Å². The van der Waals surface area contributed by atoms with Crippen LogP contribution in [-0.2, 0) is 4.79 Å².